The van der Waals surface area contributed by atoms with Crippen molar-refractivity contribution in [2.45, 2.75) is 24.5 Å². The van der Waals surface area contributed by atoms with Gasteiger partial charge in [-0.05, 0) is 30.9 Å². The summed E-state index contributed by atoms with van der Waals surface area (Å²) in [6, 6.07) is 3.00. The van der Waals surface area contributed by atoms with E-state index in [0.717, 1.165) is 12.8 Å². The van der Waals surface area contributed by atoms with Crippen LogP contribution in [0.3, 0.4) is 0 Å². The number of hydrogen-bond acceptors (Lipinski definition) is 4. The lowest BCUT2D eigenvalue weighted by molar-refractivity contribution is 0.412. The highest BCUT2D eigenvalue weighted by atomic mass is 32.2. The van der Waals surface area contributed by atoms with E-state index in [1.165, 1.54) is 6.07 Å². The molecule has 1 aliphatic rings. The third-order valence-corrected chi connectivity index (χ3v) is 3.66. The van der Waals surface area contributed by atoms with Gasteiger partial charge in [-0.1, -0.05) is 0 Å². The molecule has 0 unspecified atom stereocenters. The van der Waals surface area contributed by atoms with E-state index in [-0.39, 0.29) is 11.6 Å². The van der Waals surface area contributed by atoms with Crippen molar-refractivity contribution in [3.05, 3.63) is 17.9 Å². The summed E-state index contributed by atoms with van der Waals surface area (Å²) >= 11 is 0. The topological polar surface area (TPSA) is 85.3 Å². The lowest BCUT2D eigenvalue weighted by Crippen LogP contribution is -2.25. The number of hydrogen-bond donors (Lipinski definition) is 2. The van der Waals surface area contributed by atoms with Gasteiger partial charge >= 0.3 is 0 Å². The van der Waals surface area contributed by atoms with Crippen molar-refractivity contribution in [1.29, 1.82) is 0 Å². The average Bonchev–Trinajstić information content (AvgIpc) is 2.90. The van der Waals surface area contributed by atoms with Gasteiger partial charge in [-0.3, -0.25) is 0 Å². The number of nitrogens with two attached hydrogens (primary N) is 1. The highest BCUT2D eigenvalue weighted by Crippen LogP contribution is 2.28. The summed E-state index contributed by atoms with van der Waals surface area (Å²) in [4.78, 5) is 0. The van der Waals surface area contributed by atoms with Crippen LogP contribution in [0.5, 0.6) is 0 Å². The molecule has 3 N–H and O–H groups in total. The van der Waals surface area contributed by atoms with Gasteiger partial charge in [-0.2, -0.15) is 0 Å². The second-order valence-corrected chi connectivity index (χ2v) is 5.42. The van der Waals surface area contributed by atoms with E-state index >= 15 is 0 Å². The zero-order valence-electron chi connectivity index (χ0n) is 8.27. The first-order valence-electron chi connectivity index (χ1n) is 4.90. The third kappa shape index (κ3) is 2.58. The van der Waals surface area contributed by atoms with Crippen LogP contribution in [-0.4, -0.2) is 15.0 Å². The fourth-order valence-corrected chi connectivity index (χ4v) is 2.29. The van der Waals surface area contributed by atoms with Gasteiger partial charge in [0.15, 0.2) is 0 Å². The molecule has 0 aromatic carbocycles. The van der Waals surface area contributed by atoms with E-state index in [1.54, 1.807) is 6.07 Å². The number of rotatable bonds is 5. The second kappa shape index (κ2) is 3.96. The Morgan fingerprint density at radius 2 is 2.20 bits per heavy atom. The number of furan rings is 1. The highest BCUT2D eigenvalue weighted by Gasteiger charge is 2.25. The zero-order chi connectivity index (χ0) is 10.9. The van der Waals surface area contributed by atoms with Crippen molar-refractivity contribution < 1.29 is 12.8 Å². The van der Waals surface area contributed by atoms with Gasteiger partial charge in [-0.15, -0.1) is 0 Å². The largest absolute Gasteiger partial charge is 0.447 e. The molecule has 5 nitrogen and oxygen atoms in total. The van der Waals surface area contributed by atoms with Crippen LogP contribution < -0.4 is 10.5 Å². The van der Waals surface area contributed by atoms with Gasteiger partial charge in [0, 0.05) is 6.54 Å². The molecule has 1 heterocycles. The molecule has 0 atom stereocenters. The quantitative estimate of drug-likeness (QED) is 0.768. The monoisotopic (exact) mass is 230 g/mol. The van der Waals surface area contributed by atoms with Crippen LogP contribution in [-0.2, 0) is 16.6 Å². The smallest absolute Gasteiger partial charge is 0.273 e. The maximum absolute atomic E-state index is 11.6. The third-order valence-electron chi connectivity index (χ3n) is 2.36. The second-order valence-electron chi connectivity index (χ2n) is 3.72. The molecule has 2 rings (SSSR count). The SMILES string of the molecule is NCc1ccc(S(=O)(=O)NCC2CC2)o1. The molecule has 0 radical (unpaired) electrons. The normalized spacial score (nSPS) is 16.9. The standard InChI is InChI=1S/C9H14N2O3S/c10-5-8-3-4-9(14-8)15(12,13)11-6-7-1-2-7/h3-4,7,11H,1-2,5-6,10H2. The molecule has 0 saturated heterocycles. The Labute approximate surface area is 88.7 Å². The van der Waals surface area contributed by atoms with E-state index in [1.807, 2.05) is 0 Å². The summed E-state index contributed by atoms with van der Waals surface area (Å²) in [6.45, 7) is 0.707. The molecule has 0 bridgehead atoms. The Balaban J connectivity index is 2.05. The first kappa shape index (κ1) is 10.7. The fraction of sp³-hybridized carbons (Fsp3) is 0.556. The van der Waals surface area contributed by atoms with Crippen molar-refractivity contribution in [2.24, 2.45) is 11.7 Å². The van der Waals surface area contributed by atoms with Crippen molar-refractivity contribution in [3.63, 3.8) is 0 Å². The van der Waals surface area contributed by atoms with Gasteiger partial charge in [0.2, 0.25) is 5.09 Å². The summed E-state index contributed by atoms with van der Waals surface area (Å²) in [5.74, 6) is 0.977. The van der Waals surface area contributed by atoms with Crippen LogP contribution in [0.25, 0.3) is 0 Å². The molecule has 1 fully saturated rings. The Kier molecular flexibility index (Phi) is 2.81. The predicted molar refractivity (Wildman–Crippen MR) is 54.5 cm³/mol. The van der Waals surface area contributed by atoms with Crippen molar-refractivity contribution in [1.82, 2.24) is 4.72 Å². The maximum atomic E-state index is 11.6. The summed E-state index contributed by atoms with van der Waals surface area (Å²) in [5.41, 5.74) is 5.33. The van der Waals surface area contributed by atoms with Crippen LogP contribution in [0.1, 0.15) is 18.6 Å². The molecule has 0 aliphatic heterocycles. The first-order chi connectivity index (χ1) is 7.12. The molecule has 1 aliphatic carbocycles. The first-order valence-corrected chi connectivity index (χ1v) is 6.38. The molecule has 84 valence electrons. The minimum absolute atomic E-state index is 0.0522. The van der Waals surface area contributed by atoms with Crippen molar-refractivity contribution in [3.8, 4) is 0 Å². The average molecular weight is 230 g/mol. The van der Waals surface area contributed by atoms with E-state index in [9.17, 15) is 8.42 Å². The van der Waals surface area contributed by atoms with E-state index < -0.39 is 10.0 Å². The highest BCUT2D eigenvalue weighted by molar-refractivity contribution is 7.89. The van der Waals surface area contributed by atoms with E-state index in [0.29, 0.717) is 18.2 Å². The number of sulfonamides is 1. The van der Waals surface area contributed by atoms with Crippen LogP contribution in [0, 0.1) is 5.92 Å². The van der Waals surface area contributed by atoms with Crippen LogP contribution in [0.15, 0.2) is 21.6 Å². The Hall–Kier alpha value is -0.850. The summed E-state index contributed by atoms with van der Waals surface area (Å²) in [7, 11) is -3.48. The fourth-order valence-electron chi connectivity index (χ4n) is 1.23. The molecular formula is C9H14N2O3S. The van der Waals surface area contributed by atoms with Gasteiger partial charge in [-0.25, -0.2) is 13.1 Å². The van der Waals surface area contributed by atoms with Gasteiger partial charge in [0.05, 0.1) is 6.54 Å². The maximum Gasteiger partial charge on any atom is 0.273 e. The minimum Gasteiger partial charge on any atom is -0.447 e. The van der Waals surface area contributed by atoms with Gasteiger partial charge in [0.1, 0.15) is 5.76 Å². The van der Waals surface area contributed by atoms with E-state index in [2.05, 4.69) is 4.72 Å². The molecular weight excluding hydrogens is 216 g/mol. The molecule has 0 amide bonds. The van der Waals surface area contributed by atoms with Crippen LogP contribution in [0.2, 0.25) is 0 Å². The predicted octanol–water partition coefficient (Wildman–Crippen LogP) is 0.427. The molecule has 15 heavy (non-hydrogen) atoms. The van der Waals surface area contributed by atoms with Crippen molar-refractivity contribution in [2.75, 3.05) is 6.54 Å². The molecule has 1 aromatic rings. The molecule has 1 aromatic heterocycles. The lowest BCUT2D eigenvalue weighted by Gasteiger charge is -2.02. The van der Waals surface area contributed by atoms with Gasteiger partial charge in [0.25, 0.3) is 10.0 Å². The zero-order valence-corrected chi connectivity index (χ0v) is 9.09. The van der Waals surface area contributed by atoms with Crippen molar-refractivity contribution >= 4 is 10.0 Å². The lowest BCUT2D eigenvalue weighted by atomic mass is 10.4. The Morgan fingerprint density at radius 3 is 2.73 bits per heavy atom. The van der Waals surface area contributed by atoms with Crippen LogP contribution in [0.4, 0.5) is 0 Å². The van der Waals surface area contributed by atoms with Crippen LogP contribution >= 0.6 is 0 Å². The summed E-state index contributed by atoms with van der Waals surface area (Å²) < 4.78 is 30.9. The minimum atomic E-state index is -3.48. The Morgan fingerprint density at radius 1 is 1.47 bits per heavy atom. The summed E-state index contributed by atoms with van der Waals surface area (Å²) in [5, 5.41) is -0.0522. The Bertz CT molecular complexity index is 434. The summed E-state index contributed by atoms with van der Waals surface area (Å²) in [6.07, 6.45) is 2.21. The van der Waals surface area contributed by atoms with Gasteiger partial charge < -0.3 is 10.2 Å². The molecule has 0 spiro atoms. The molecule has 1 saturated carbocycles. The van der Waals surface area contributed by atoms with E-state index in [4.69, 9.17) is 10.2 Å². The number of nitrogens with one attached hydrogen (secondary N) is 1. The molecule has 6 heteroatoms.